The third-order valence-corrected chi connectivity index (χ3v) is 5.19. The van der Waals surface area contributed by atoms with Gasteiger partial charge >= 0.3 is 0 Å². The number of likely N-dealkylation sites (N-methyl/N-ethyl adjacent to an activating group) is 1. The van der Waals surface area contributed by atoms with Crippen molar-refractivity contribution in [3.63, 3.8) is 0 Å². The van der Waals surface area contributed by atoms with E-state index in [0.29, 0.717) is 18.5 Å². The van der Waals surface area contributed by atoms with E-state index in [1.165, 1.54) is 12.1 Å². The van der Waals surface area contributed by atoms with Gasteiger partial charge in [0.2, 0.25) is 0 Å². The molecule has 5 heteroatoms. The molecule has 0 heterocycles. The zero-order chi connectivity index (χ0) is 19.4. The zero-order valence-electron chi connectivity index (χ0n) is 15.3. The summed E-state index contributed by atoms with van der Waals surface area (Å²) in [4.78, 5) is 0. The maximum atomic E-state index is 13.4. The Bertz CT molecular complexity index is 822. The van der Waals surface area contributed by atoms with Crippen LogP contribution in [0.15, 0.2) is 42.5 Å². The lowest BCUT2D eigenvalue weighted by atomic mass is 9.99. The molecule has 3 N–H and O–H groups in total. The van der Waals surface area contributed by atoms with Crippen molar-refractivity contribution in [1.29, 1.82) is 0 Å². The second-order valence-corrected chi connectivity index (χ2v) is 7.13. The van der Waals surface area contributed by atoms with Crippen molar-refractivity contribution >= 4 is 0 Å². The van der Waals surface area contributed by atoms with Gasteiger partial charge in [-0.3, -0.25) is 0 Å². The highest BCUT2D eigenvalue weighted by molar-refractivity contribution is 5.40. The lowest BCUT2D eigenvalue weighted by Crippen LogP contribution is -2.47. The van der Waals surface area contributed by atoms with Crippen LogP contribution in [0.3, 0.4) is 0 Å². The molecule has 0 aromatic heterocycles. The minimum absolute atomic E-state index is 0.156. The third-order valence-electron chi connectivity index (χ3n) is 5.19. The molecule has 1 aliphatic carbocycles. The van der Waals surface area contributed by atoms with Crippen molar-refractivity contribution in [3.8, 4) is 12.3 Å². The maximum absolute atomic E-state index is 13.4. The second kappa shape index (κ2) is 8.18. The lowest BCUT2D eigenvalue weighted by Gasteiger charge is -2.26. The minimum Gasteiger partial charge on any atom is -0.390 e. The van der Waals surface area contributed by atoms with Crippen LogP contribution in [0.5, 0.6) is 0 Å². The molecule has 0 saturated heterocycles. The number of aliphatic hydroxyl groups is 1. The smallest absolute Gasteiger partial charge is 0.126 e. The monoisotopic (exact) mass is 370 g/mol. The Hall–Kier alpha value is -2.26. The number of halogens is 2. The fraction of sp³-hybridized carbons (Fsp3) is 0.364. The van der Waals surface area contributed by atoms with Gasteiger partial charge in [-0.1, -0.05) is 18.1 Å². The summed E-state index contributed by atoms with van der Waals surface area (Å²) in [6.07, 6.45) is 7.06. The largest absolute Gasteiger partial charge is 0.390 e. The van der Waals surface area contributed by atoms with Crippen LogP contribution < -0.4 is 10.6 Å². The van der Waals surface area contributed by atoms with E-state index in [1.54, 1.807) is 7.05 Å². The van der Waals surface area contributed by atoms with Crippen molar-refractivity contribution < 1.29 is 13.9 Å². The van der Waals surface area contributed by atoms with Gasteiger partial charge in [-0.05, 0) is 61.7 Å². The van der Waals surface area contributed by atoms with Gasteiger partial charge in [-0.2, -0.15) is 0 Å². The molecular weight excluding hydrogens is 346 g/mol. The van der Waals surface area contributed by atoms with Gasteiger partial charge in [0.1, 0.15) is 11.6 Å². The van der Waals surface area contributed by atoms with Crippen molar-refractivity contribution in [1.82, 2.24) is 10.6 Å². The fourth-order valence-corrected chi connectivity index (χ4v) is 3.45. The van der Waals surface area contributed by atoms with Crippen molar-refractivity contribution in [2.24, 2.45) is 0 Å². The molecule has 2 aromatic carbocycles. The number of benzene rings is 2. The van der Waals surface area contributed by atoms with Crippen molar-refractivity contribution in [3.05, 3.63) is 70.8 Å². The van der Waals surface area contributed by atoms with Crippen molar-refractivity contribution in [2.45, 2.75) is 36.9 Å². The summed E-state index contributed by atoms with van der Waals surface area (Å²) in [6, 6.07) is 11.0. The molecule has 2 atom stereocenters. The molecule has 1 saturated carbocycles. The minimum atomic E-state index is -0.713. The normalized spacial score (nSPS) is 17.1. The van der Waals surface area contributed by atoms with Gasteiger partial charge in [0, 0.05) is 29.8 Å². The van der Waals surface area contributed by atoms with E-state index in [-0.39, 0.29) is 11.6 Å². The molecule has 2 aromatic rings. The van der Waals surface area contributed by atoms with Crippen LogP contribution in [0.2, 0.25) is 0 Å². The van der Waals surface area contributed by atoms with E-state index in [9.17, 15) is 13.9 Å². The number of nitrogens with one attached hydrogen (secondary N) is 2. The van der Waals surface area contributed by atoms with E-state index in [1.807, 2.05) is 24.3 Å². The molecule has 0 spiro atoms. The summed E-state index contributed by atoms with van der Waals surface area (Å²) in [5.74, 6) is 1.42. The zero-order valence-corrected chi connectivity index (χ0v) is 15.3. The number of aliphatic hydroxyl groups excluding tert-OH is 1. The van der Waals surface area contributed by atoms with E-state index < -0.39 is 17.7 Å². The van der Waals surface area contributed by atoms with Crippen LogP contribution in [0.4, 0.5) is 8.78 Å². The Labute approximate surface area is 158 Å². The van der Waals surface area contributed by atoms with Gasteiger partial charge in [0.15, 0.2) is 0 Å². The molecular formula is C22H24F2N2O. The van der Waals surface area contributed by atoms with Crippen LogP contribution in [0.25, 0.3) is 0 Å². The summed E-state index contributed by atoms with van der Waals surface area (Å²) in [5.41, 5.74) is 2.31. The summed E-state index contributed by atoms with van der Waals surface area (Å²) in [6.45, 7) is 0.365. The quantitative estimate of drug-likeness (QED) is 0.626. The van der Waals surface area contributed by atoms with E-state index in [0.717, 1.165) is 30.0 Å². The standard InChI is InChI=1S/C22H24F2N2O/c1-3-15-5-4-6-17(9-15)22(7-8-22)26-14-21(27)20(25-2)12-16-10-18(23)13-19(24)11-16/h1,4-6,9-11,13,20-21,25-27H,7-8,12,14H2,2H3/t20-,21+/m0/s1. The molecule has 3 nitrogen and oxygen atoms in total. The molecule has 3 rings (SSSR count). The molecule has 0 unspecified atom stereocenters. The van der Waals surface area contributed by atoms with Crippen LogP contribution in [0, 0.1) is 24.0 Å². The predicted molar refractivity (Wildman–Crippen MR) is 102 cm³/mol. The highest BCUT2D eigenvalue weighted by atomic mass is 19.1. The Morgan fingerprint density at radius 3 is 2.48 bits per heavy atom. The average molecular weight is 370 g/mol. The first-order chi connectivity index (χ1) is 13.0. The Morgan fingerprint density at radius 2 is 1.89 bits per heavy atom. The Kier molecular flexibility index (Phi) is 5.91. The molecule has 1 fully saturated rings. The molecule has 0 aliphatic heterocycles. The summed E-state index contributed by atoms with van der Waals surface area (Å²) in [7, 11) is 1.73. The van der Waals surface area contributed by atoms with E-state index >= 15 is 0 Å². The molecule has 0 amide bonds. The third kappa shape index (κ3) is 4.72. The average Bonchev–Trinajstić information content (AvgIpc) is 3.44. The molecule has 0 radical (unpaired) electrons. The Balaban J connectivity index is 1.63. The molecule has 142 valence electrons. The highest BCUT2D eigenvalue weighted by Gasteiger charge is 2.44. The Morgan fingerprint density at radius 1 is 1.19 bits per heavy atom. The maximum Gasteiger partial charge on any atom is 0.126 e. The lowest BCUT2D eigenvalue weighted by molar-refractivity contribution is 0.123. The molecule has 1 aliphatic rings. The first kappa shape index (κ1) is 19.5. The number of terminal acetylenes is 1. The SMILES string of the molecule is C#Cc1cccc(C2(NC[C@@H](O)[C@H](Cc3cc(F)cc(F)c3)NC)CC2)c1. The topological polar surface area (TPSA) is 44.3 Å². The molecule has 0 bridgehead atoms. The van der Waals surface area contributed by atoms with Crippen LogP contribution >= 0.6 is 0 Å². The van der Waals surface area contributed by atoms with Crippen molar-refractivity contribution in [2.75, 3.05) is 13.6 Å². The second-order valence-electron chi connectivity index (χ2n) is 7.13. The fourth-order valence-electron chi connectivity index (χ4n) is 3.45. The van der Waals surface area contributed by atoms with Gasteiger partial charge in [0.25, 0.3) is 0 Å². The summed E-state index contributed by atoms with van der Waals surface area (Å²) >= 11 is 0. The highest BCUT2D eigenvalue weighted by Crippen LogP contribution is 2.45. The first-order valence-electron chi connectivity index (χ1n) is 9.08. The number of hydrogen-bond acceptors (Lipinski definition) is 3. The van der Waals surface area contributed by atoms with Gasteiger partial charge < -0.3 is 15.7 Å². The van der Waals surface area contributed by atoms with E-state index in [4.69, 9.17) is 6.42 Å². The predicted octanol–water partition coefficient (Wildman–Crippen LogP) is 2.72. The van der Waals surface area contributed by atoms with Crippen LogP contribution in [-0.2, 0) is 12.0 Å². The van der Waals surface area contributed by atoms with Crippen LogP contribution in [0.1, 0.15) is 29.5 Å². The van der Waals surface area contributed by atoms with E-state index in [2.05, 4.69) is 16.6 Å². The van der Waals surface area contributed by atoms with Gasteiger partial charge in [-0.15, -0.1) is 6.42 Å². The van der Waals surface area contributed by atoms with Crippen LogP contribution in [-0.4, -0.2) is 30.8 Å². The van der Waals surface area contributed by atoms with Gasteiger partial charge in [-0.25, -0.2) is 8.78 Å². The first-order valence-corrected chi connectivity index (χ1v) is 9.08. The number of rotatable bonds is 8. The summed E-state index contributed by atoms with van der Waals surface area (Å²) in [5, 5.41) is 17.1. The van der Waals surface area contributed by atoms with Gasteiger partial charge in [0.05, 0.1) is 6.10 Å². The molecule has 27 heavy (non-hydrogen) atoms. The number of hydrogen-bond donors (Lipinski definition) is 3. The summed E-state index contributed by atoms with van der Waals surface area (Å²) < 4.78 is 26.8.